The molecule has 0 heterocycles. The predicted molar refractivity (Wildman–Crippen MR) is 65.5 cm³/mol. The van der Waals surface area contributed by atoms with Gasteiger partial charge in [0.15, 0.2) is 0 Å². The quantitative estimate of drug-likeness (QED) is 0.825. The Hall–Kier alpha value is -1.25. The molecule has 0 radical (unpaired) electrons. The molecule has 2 unspecified atom stereocenters. The van der Waals surface area contributed by atoms with E-state index in [9.17, 15) is 4.39 Å². The summed E-state index contributed by atoms with van der Waals surface area (Å²) in [6, 6.07) is 4.99. The molecule has 2 atom stereocenters. The van der Waals surface area contributed by atoms with E-state index >= 15 is 0 Å². The fourth-order valence-electron chi connectivity index (χ4n) is 1.52. The molecule has 16 heavy (non-hydrogen) atoms. The largest absolute Gasteiger partial charge is 0.497 e. The van der Waals surface area contributed by atoms with E-state index in [2.05, 4.69) is 26.1 Å². The van der Waals surface area contributed by atoms with E-state index < -0.39 is 0 Å². The van der Waals surface area contributed by atoms with E-state index in [-0.39, 0.29) is 5.82 Å². The van der Waals surface area contributed by atoms with Gasteiger partial charge in [-0.3, -0.25) is 0 Å². The molecular formula is C13H20FNO. The smallest absolute Gasteiger partial charge is 0.128 e. The van der Waals surface area contributed by atoms with E-state index in [0.29, 0.717) is 17.7 Å². The van der Waals surface area contributed by atoms with Crippen LogP contribution in [-0.4, -0.2) is 13.2 Å². The highest BCUT2D eigenvalue weighted by Gasteiger charge is 2.10. The van der Waals surface area contributed by atoms with Gasteiger partial charge in [0.25, 0.3) is 0 Å². The van der Waals surface area contributed by atoms with Crippen LogP contribution in [0.15, 0.2) is 18.2 Å². The van der Waals surface area contributed by atoms with E-state index in [1.54, 1.807) is 0 Å². The van der Waals surface area contributed by atoms with Crippen molar-refractivity contribution in [2.75, 3.05) is 12.4 Å². The van der Waals surface area contributed by atoms with Gasteiger partial charge < -0.3 is 10.1 Å². The second kappa shape index (κ2) is 5.73. The van der Waals surface area contributed by atoms with E-state index in [1.165, 1.54) is 19.2 Å². The summed E-state index contributed by atoms with van der Waals surface area (Å²) in [6.45, 7) is 6.43. The molecule has 1 aromatic rings. The van der Waals surface area contributed by atoms with Gasteiger partial charge in [0.05, 0.1) is 7.11 Å². The summed E-state index contributed by atoms with van der Waals surface area (Å²) >= 11 is 0. The van der Waals surface area contributed by atoms with Crippen LogP contribution in [-0.2, 0) is 0 Å². The first-order chi connectivity index (χ1) is 7.56. The second-order valence-corrected chi connectivity index (χ2v) is 4.20. The van der Waals surface area contributed by atoms with Crippen LogP contribution in [0.4, 0.5) is 10.1 Å². The first kappa shape index (κ1) is 12.8. The summed E-state index contributed by atoms with van der Waals surface area (Å²) in [5.41, 5.74) is 0.768. The van der Waals surface area contributed by atoms with Crippen molar-refractivity contribution in [3.05, 3.63) is 24.0 Å². The summed E-state index contributed by atoms with van der Waals surface area (Å²) in [6.07, 6.45) is 1.10. The molecule has 0 amide bonds. The molecule has 0 fully saturated rings. The van der Waals surface area contributed by atoms with Crippen LogP contribution in [0.3, 0.4) is 0 Å². The van der Waals surface area contributed by atoms with Crippen LogP contribution in [0, 0.1) is 11.7 Å². The zero-order valence-corrected chi connectivity index (χ0v) is 10.4. The Labute approximate surface area is 96.8 Å². The minimum absolute atomic E-state index is 0.279. The highest BCUT2D eigenvalue weighted by atomic mass is 19.1. The minimum atomic E-state index is -0.279. The standard InChI is InChI=1S/C13H20FNO/c1-5-9(2)10(3)15-12-6-11(14)7-13(8-12)16-4/h6-10,15H,5H2,1-4H3. The van der Waals surface area contributed by atoms with E-state index in [4.69, 9.17) is 4.74 Å². The first-order valence-corrected chi connectivity index (χ1v) is 5.68. The van der Waals surface area contributed by atoms with Gasteiger partial charge in [0.2, 0.25) is 0 Å². The monoisotopic (exact) mass is 225 g/mol. The van der Waals surface area contributed by atoms with Gasteiger partial charge in [0.1, 0.15) is 11.6 Å². The number of rotatable bonds is 5. The Balaban J connectivity index is 2.76. The predicted octanol–water partition coefficient (Wildman–Crippen LogP) is 3.68. The zero-order valence-electron chi connectivity index (χ0n) is 10.4. The highest BCUT2D eigenvalue weighted by molar-refractivity contribution is 5.49. The molecule has 90 valence electrons. The molecule has 1 rings (SSSR count). The van der Waals surface area contributed by atoms with Crippen molar-refractivity contribution in [1.82, 2.24) is 0 Å². The van der Waals surface area contributed by atoms with Crippen LogP contribution in [0.25, 0.3) is 0 Å². The third kappa shape index (κ3) is 3.40. The normalized spacial score (nSPS) is 14.3. The molecule has 2 nitrogen and oxygen atoms in total. The SMILES string of the molecule is CCC(C)C(C)Nc1cc(F)cc(OC)c1. The van der Waals surface area contributed by atoms with Crippen molar-refractivity contribution in [3.8, 4) is 5.75 Å². The van der Waals surface area contributed by atoms with Crippen LogP contribution < -0.4 is 10.1 Å². The van der Waals surface area contributed by atoms with Crippen LogP contribution in [0.5, 0.6) is 5.75 Å². The number of halogens is 1. The number of ether oxygens (including phenoxy) is 1. The topological polar surface area (TPSA) is 21.3 Å². The number of nitrogens with one attached hydrogen (secondary N) is 1. The average Bonchev–Trinajstić information content (AvgIpc) is 2.26. The number of benzene rings is 1. The molecule has 3 heteroatoms. The van der Waals surface area contributed by atoms with Gasteiger partial charge in [-0.05, 0) is 18.9 Å². The Morgan fingerprint density at radius 3 is 2.56 bits per heavy atom. The number of anilines is 1. The maximum atomic E-state index is 13.2. The zero-order chi connectivity index (χ0) is 12.1. The van der Waals surface area contributed by atoms with Crippen molar-refractivity contribution in [1.29, 1.82) is 0 Å². The molecule has 0 saturated heterocycles. The molecule has 0 aliphatic rings. The van der Waals surface area contributed by atoms with Gasteiger partial charge in [-0.2, -0.15) is 0 Å². The Kier molecular flexibility index (Phi) is 4.59. The highest BCUT2D eigenvalue weighted by Crippen LogP contribution is 2.22. The lowest BCUT2D eigenvalue weighted by Crippen LogP contribution is -2.23. The van der Waals surface area contributed by atoms with Crippen molar-refractivity contribution < 1.29 is 9.13 Å². The fraction of sp³-hybridized carbons (Fsp3) is 0.538. The van der Waals surface area contributed by atoms with Crippen molar-refractivity contribution in [2.24, 2.45) is 5.92 Å². The molecule has 0 spiro atoms. The van der Waals surface area contributed by atoms with Gasteiger partial charge in [-0.1, -0.05) is 20.3 Å². The number of methoxy groups -OCH3 is 1. The molecule has 0 saturated carbocycles. The Morgan fingerprint density at radius 1 is 1.31 bits per heavy atom. The molecule has 0 bridgehead atoms. The summed E-state index contributed by atoms with van der Waals surface area (Å²) < 4.78 is 18.3. The van der Waals surface area contributed by atoms with Crippen molar-refractivity contribution >= 4 is 5.69 Å². The van der Waals surface area contributed by atoms with Gasteiger partial charge in [-0.25, -0.2) is 4.39 Å². The Bertz CT molecular complexity index is 341. The van der Waals surface area contributed by atoms with E-state index in [0.717, 1.165) is 12.1 Å². The summed E-state index contributed by atoms with van der Waals surface area (Å²) in [7, 11) is 1.54. The molecule has 1 N–H and O–H groups in total. The van der Waals surface area contributed by atoms with Crippen LogP contribution >= 0.6 is 0 Å². The summed E-state index contributed by atoms with van der Waals surface area (Å²) in [5.74, 6) is 0.811. The van der Waals surface area contributed by atoms with Gasteiger partial charge in [0, 0.05) is 23.9 Å². The molecule has 0 aliphatic heterocycles. The number of hydrogen-bond acceptors (Lipinski definition) is 2. The maximum Gasteiger partial charge on any atom is 0.128 e. The molecular weight excluding hydrogens is 205 g/mol. The van der Waals surface area contributed by atoms with Crippen LogP contribution in [0.2, 0.25) is 0 Å². The lowest BCUT2D eigenvalue weighted by Gasteiger charge is -2.21. The summed E-state index contributed by atoms with van der Waals surface area (Å²) in [4.78, 5) is 0. The summed E-state index contributed by atoms with van der Waals surface area (Å²) in [5, 5.41) is 3.29. The van der Waals surface area contributed by atoms with Gasteiger partial charge in [-0.15, -0.1) is 0 Å². The van der Waals surface area contributed by atoms with Crippen molar-refractivity contribution in [2.45, 2.75) is 33.2 Å². The van der Waals surface area contributed by atoms with E-state index in [1.807, 2.05) is 6.07 Å². The third-order valence-corrected chi connectivity index (χ3v) is 3.00. The van der Waals surface area contributed by atoms with Crippen LogP contribution in [0.1, 0.15) is 27.2 Å². The molecule has 1 aromatic carbocycles. The lowest BCUT2D eigenvalue weighted by atomic mass is 10.0. The number of hydrogen-bond donors (Lipinski definition) is 1. The van der Waals surface area contributed by atoms with Gasteiger partial charge >= 0.3 is 0 Å². The second-order valence-electron chi connectivity index (χ2n) is 4.20. The molecule has 0 aromatic heterocycles. The maximum absolute atomic E-state index is 13.2. The van der Waals surface area contributed by atoms with Crippen molar-refractivity contribution in [3.63, 3.8) is 0 Å². The Morgan fingerprint density at radius 2 is 2.00 bits per heavy atom. The lowest BCUT2D eigenvalue weighted by molar-refractivity contribution is 0.411. The third-order valence-electron chi connectivity index (χ3n) is 3.00. The fourth-order valence-corrected chi connectivity index (χ4v) is 1.52. The first-order valence-electron chi connectivity index (χ1n) is 5.68. The molecule has 0 aliphatic carbocycles. The minimum Gasteiger partial charge on any atom is -0.497 e. The average molecular weight is 225 g/mol.